The molecule has 0 nitrogen and oxygen atoms in total. The van der Waals surface area contributed by atoms with Crippen LogP contribution < -0.4 is 0 Å². The third-order valence-corrected chi connectivity index (χ3v) is 0.430. The van der Waals surface area contributed by atoms with Crippen molar-refractivity contribution in [1.82, 2.24) is 0 Å². The second-order valence-electron chi connectivity index (χ2n) is 1.24. The molecule has 0 aliphatic carbocycles. The van der Waals surface area contributed by atoms with Gasteiger partial charge in [-0.05, 0) is 0 Å². The maximum Gasteiger partial charge on any atom is 2.00 e. The summed E-state index contributed by atoms with van der Waals surface area (Å²) in [6.07, 6.45) is 3.77. The summed E-state index contributed by atoms with van der Waals surface area (Å²) >= 11 is 0. The van der Waals surface area contributed by atoms with Gasteiger partial charge >= 0.3 is 17.4 Å². The minimum atomic E-state index is 0. The van der Waals surface area contributed by atoms with E-state index in [0.717, 1.165) is 5.57 Å². The summed E-state index contributed by atoms with van der Waals surface area (Å²) in [5, 5.41) is 0. The molecule has 0 amide bonds. The van der Waals surface area contributed by atoms with Crippen LogP contribution in [0.4, 0.5) is 0 Å². The van der Waals surface area contributed by atoms with Crippen LogP contribution in [0.2, 0.25) is 0 Å². The monoisotopic (exact) mass is 133 g/mol. The van der Waals surface area contributed by atoms with E-state index in [9.17, 15) is 0 Å². The van der Waals surface area contributed by atoms with E-state index in [-0.39, 0.29) is 17.4 Å². The summed E-state index contributed by atoms with van der Waals surface area (Å²) in [7, 11) is 0. The fourth-order valence-electron chi connectivity index (χ4n) is 0.263. The first kappa shape index (κ1) is 10.1. The third-order valence-electron chi connectivity index (χ3n) is 0.430. The van der Waals surface area contributed by atoms with E-state index in [1.165, 1.54) is 0 Å². The molecule has 38 valence electrons. The smallest absolute Gasteiger partial charge is 0.290 e. The van der Waals surface area contributed by atoms with Crippen LogP contribution in [0.15, 0.2) is 17.7 Å². The molecule has 0 N–H and O–H groups in total. The van der Waals surface area contributed by atoms with Gasteiger partial charge in [0.1, 0.15) is 0 Å². The Morgan fingerprint density at radius 1 is 1.57 bits per heavy atom. The summed E-state index contributed by atoms with van der Waals surface area (Å²) in [5.41, 5.74) is 0.859. The summed E-state index contributed by atoms with van der Waals surface area (Å²) in [6, 6.07) is 0. The van der Waals surface area contributed by atoms with Gasteiger partial charge in [0, 0.05) is 0 Å². The van der Waals surface area contributed by atoms with Crippen LogP contribution in [0.1, 0.15) is 13.8 Å². The Balaban J connectivity index is 0. The molecule has 0 spiro atoms. The first-order valence-corrected chi connectivity index (χ1v) is 1.99. The Morgan fingerprint density at radius 2 is 2.00 bits per heavy atom. The van der Waals surface area contributed by atoms with Crippen molar-refractivity contribution in [2.24, 2.45) is 0 Å². The van der Waals surface area contributed by atoms with Gasteiger partial charge in [-0.2, -0.15) is 6.08 Å². The predicted octanol–water partition coefficient (Wildman–Crippen LogP) is 1.94. The van der Waals surface area contributed by atoms with Crippen molar-refractivity contribution in [1.29, 1.82) is 0 Å². The predicted molar refractivity (Wildman–Crippen MR) is 28.3 cm³/mol. The Bertz CT molecular complexity index is 72.2. The molecule has 0 aliphatic rings. The van der Waals surface area contributed by atoms with E-state index >= 15 is 0 Å². The van der Waals surface area contributed by atoms with Crippen LogP contribution >= 0.6 is 0 Å². The van der Waals surface area contributed by atoms with E-state index in [1.54, 1.807) is 0 Å². The van der Waals surface area contributed by atoms with Crippen molar-refractivity contribution >= 4 is 0 Å². The van der Waals surface area contributed by atoms with Gasteiger partial charge in [0.25, 0.3) is 0 Å². The minimum absolute atomic E-state index is 0. The molecule has 0 bridgehead atoms. The standard InChI is InChI=1S/C6H9.Cr/c1-4-5-6(2)3;/h2,4-5H,1,3H3;/q-1;+2. The van der Waals surface area contributed by atoms with Gasteiger partial charge in [0.2, 0.25) is 0 Å². The van der Waals surface area contributed by atoms with Crippen molar-refractivity contribution in [2.75, 3.05) is 0 Å². The van der Waals surface area contributed by atoms with Crippen molar-refractivity contribution < 1.29 is 17.4 Å². The molecule has 0 aliphatic heterocycles. The number of rotatable bonds is 1. The van der Waals surface area contributed by atoms with E-state index in [1.807, 2.05) is 26.0 Å². The summed E-state index contributed by atoms with van der Waals surface area (Å²) in [4.78, 5) is 0. The van der Waals surface area contributed by atoms with Crippen molar-refractivity contribution in [3.8, 4) is 0 Å². The topological polar surface area (TPSA) is 0 Å². The van der Waals surface area contributed by atoms with Crippen LogP contribution in [-0.2, 0) is 17.4 Å². The van der Waals surface area contributed by atoms with Gasteiger partial charge in [-0.15, -0.1) is 0 Å². The van der Waals surface area contributed by atoms with Crippen molar-refractivity contribution in [3.63, 3.8) is 0 Å². The Kier molecular flexibility index (Phi) is 8.67. The van der Waals surface area contributed by atoms with E-state index in [4.69, 9.17) is 6.58 Å². The van der Waals surface area contributed by atoms with Crippen LogP contribution in [0.25, 0.3) is 0 Å². The number of hydrogen-bond acceptors (Lipinski definition) is 0. The third kappa shape index (κ3) is 10.7. The molecule has 0 aromatic heterocycles. The summed E-state index contributed by atoms with van der Waals surface area (Å²) in [5.74, 6) is 0. The zero-order valence-corrected chi connectivity index (χ0v) is 5.92. The van der Waals surface area contributed by atoms with Crippen LogP contribution in [0.5, 0.6) is 0 Å². The Labute approximate surface area is 56.1 Å². The normalized spacial score (nSPS) is 8.29. The van der Waals surface area contributed by atoms with Gasteiger partial charge in [0.15, 0.2) is 0 Å². The van der Waals surface area contributed by atoms with E-state index in [0.29, 0.717) is 0 Å². The maximum atomic E-state index is 5.23. The molecule has 0 atom stereocenters. The molecule has 1 heteroatoms. The molecule has 0 saturated carbocycles. The molecular formula is C6H9Cr+. The molecule has 0 saturated heterocycles. The number of allylic oxidation sites excluding steroid dienone is 3. The molecule has 0 aromatic rings. The summed E-state index contributed by atoms with van der Waals surface area (Å²) < 4.78 is 0. The number of hydrogen-bond donors (Lipinski definition) is 0. The van der Waals surface area contributed by atoms with Crippen molar-refractivity contribution in [2.45, 2.75) is 13.8 Å². The van der Waals surface area contributed by atoms with Gasteiger partial charge in [-0.1, -0.05) is 13.8 Å². The minimum Gasteiger partial charge on any atom is -0.290 e. The molecule has 0 heterocycles. The second kappa shape index (κ2) is 6.01. The molecular weight excluding hydrogens is 124 g/mol. The molecule has 0 unspecified atom stereocenters. The molecule has 0 aromatic carbocycles. The van der Waals surface area contributed by atoms with Crippen molar-refractivity contribution in [3.05, 3.63) is 24.3 Å². The van der Waals surface area contributed by atoms with Gasteiger partial charge in [-0.3, -0.25) is 6.58 Å². The van der Waals surface area contributed by atoms with Gasteiger partial charge in [0.05, 0.1) is 0 Å². The van der Waals surface area contributed by atoms with Gasteiger partial charge < -0.3 is 0 Å². The zero-order valence-electron chi connectivity index (χ0n) is 4.64. The fourth-order valence-corrected chi connectivity index (χ4v) is 0.263. The average Bonchev–Trinajstić information content (AvgIpc) is 1.35. The zero-order chi connectivity index (χ0) is 4.99. The average molecular weight is 133 g/mol. The Hall–Kier alpha value is 0.0125. The van der Waals surface area contributed by atoms with Crippen LogP contribution in [0.3, 0.4) is 0 Å². The van der Waals surface area contributed by atoms with E-state index < -0.39 is 0 Å². The summed E-state index contributed by atoms with van der Waals surface area (Å²) in [6.45, 7) is 9.03. The molecule has 0 rings (SSSR count). The first-order chi connectivity index (χ1) is 2.77. The SMILES string of the molecule is [CH-]=C(C)C=CC.[Cr+2]. The maximum absolute atomic E-state index is 5.23. The van der Waals surface area contributed by atoms with E-state index in [2.05, 4.69) is 0 Å². The molecule has 0 radical (unpaired) electrons. The fraction of sp³-hybridized carbons (Fsp3) is 0.333. The largest absolute Gasteiger partial charge is 2.00 e. The second-order valence-corrected chi connectivity index (χ2v) is 1.24. The Morgan fingerprint density at radius 3 is 2.00 bits per heavy atom. The quantitative estimate of drug-likeness (QED) is 0.379. The molecule has 0 fully saturated rings. The van der Waals surface area contributed by atoms with Crippen LogP contribution in [-0.4, -0.2) is 0 Å². The van der Waals surface area contributed by atoms with Gasteiger partial charge in [-0.25, -0.2) is 11.6 Å². The van der Waals surface area contributed by atoms with Crippen LogP contribution in [0, 0.1) is 6.58 Å². The molecule has 7 heavy (non-hydrogen) atoms. The first-order valence-electron chi connectivity index (χ1n) is 1.99.